The summed E-state index contributed by atoms with van der Waals surface area (Å²) in [7, 11) is 0. The van der Waals surface area contributed by atoms with Crippen molar-refractivity contribution in [3.05, 3.63) is 42.5 Å². The molecule has 0 radical (unpaired) electrons. The lowest BCUT2D eigenvalue weighted by molar-refractivity contribution is -0.125. The van der Waals surface area contributed by atoms with E-state index < -0.39 is 6.10 Å². The van der Waals surface area contributed by atoms with Crippen LogP contribution >= 0.6 is 12.2 Å². The van der Waals surface area contributed by atoms with Crippen LogP contribution in [-0.4, -0.2) is 35.1 Å². The molecule has 0 saturated heterocycles. The van der Waals surface area contributed by atoms with Crippen LogP contribution in [0.5, 0.6) is 5.75 Å². The first-order valence-corrected chi connectivity index (χ1v) is 8.21. The molecule has 5 heteroatoms. The number of nitrogens with one attached hydrogen (secondary N) is 1. The maximum absolute atomic E-state index is 12.2. The van der Waals surface area contributed by atoms with Gasteiger partial charge in [-0.05, 0) is 55.9 Å². The van der Waals surface area contributed by atoms with Crippen molar-refractivity contribution in [3.63, 3.8) is 0 Å². The Morgan fingerprint density at radius 3 is 2.48 bits per heavy atom. The van der Waals surface area contributed by atoms with Gasteiger partial charge < -0.3 is 9.64 Å². The SMILES string of the molecule is CCN(CC)C(=S)NC(=O)[C@@H](C)Oc1ccc2ccccc2c1. The number of rotatable bonds is 5. The zero-order valence-corrected chi connectivity index (χ0v) is 14.5. The van der Waals surface area contributed by atoms with E-state index in [9.17, 15) is 4.79 Å². The number of hydrogen-bond donors (Lipinski definition) is 1. The van der Waals surface area contributed by atoms with Gasteiger partial charge in [-0.25, -0.2) is 0 Å². The fourth-order valence-electron chi connectivity index (χ4n) is 2.30. The number of hydrogen-bond acceptors (Lipinski definition) is 3. The molecular weight excluding hydrogens is 308 g/mol. The molecule has 0 saturated carbocycles. The third kappa shape index (κ3) is 4.42. The maximum atomic E-state index is 12.2. The van der Waals surface area contributed by atoms with Crippen LogP contribution in [0.25, 0.3) is 10.8 Å². The van der Waals surface area contributed by atoms with Gasteiger partial charge in [0.15, 0.2) is 11.2 Å². The van der Waals surface area contributed by atoms with Gasteiger partial charge >= 0.3 is 0 Å². The summed E-state index contributed by atoms with van der Waals surface area (Å²) in [4.78, 5) is 14.1. The first-order valence-electron chi connectivity index (χ1n) is 7.80. The smallest absolute Gasteiger partial charge is 0.266 e. The summed E-state index contributed by atoms with van der Waals surface area (Å²) in [5.41, 5.74) is 0. The molecule has 1 amide bonds. The molecule has 0 unspecified atom stereocenters. The number of ether oxygens (including phenoxy) is 1. The Labute approximate surface area is 142 Å². The number of carbonyl (C=O) groups is 1. The van der Waals surface area contributed by atoms with Crippen LogP contribution in [0.4, 0.5) is 0 Å². The van der Waals surface area contributed by atoms with Crippen molar-refractivity contribution in [2.75, 3.05) is 13.1 Å². The highest BCUT2D eigenvalue weighted by molar-refractivity contribution is 7.80. The highest BCUT2D eigenvalue weighted by atomic mass is 32.1. The molecule has 0 aliphatic heterocycles. The number of fused-ring (bicyclic) bond motifs is 1. The fourth-order valence-corrected chi connectivity index (χ4v) is 2.65. The summed E-state index contributed by atoms with van der Waals surface area (Å²) in [5, 5.41) is 5.39. The Bertz CT molecular complexity index is 698. The van der Waals surface area contributed by atoms with Gasteiger partial charge in [-0.15, -0.1) is 0 Å². The van der Waals surface area contributed by atoms with Crippen molar-refractivity contribution in [2.45, 2.75) is 26.9 Å². The number of nitrogens with zero attached hydrogens (tertiary/aromatic N) is 1. The van der Waals surface area contributed by atoms with Gasteiger partial charge in [0, 0.05) is 13.1 Å². The molecule has 122 valence electrons. The molecule has 0 heterocycles. The molecule has 2 aromatic rings. The standard InChI is InChI=1S/C18H22N2O2S/c1-4-20(5-2)18(23)19-17(21)13(3)22-16-11-10-14-8-6-7-9-15(14)12-16/h6-13H,4-5H2,1-3H3,(H,19,21,23)/t13-/m1/s1. The molecule has 2 aromatic carbocycles. The van der Waals surface area contributed by atoms with Crippen LogP contribution in [0.2, 0.25) is 0 Å². The molecule has 1 atom stereocenters. The molecule has 0 aromatic heterocycles. The summed E-state index contributed by atoms with van der Waals surface area (Å²) in [5.74, 6) is 0.426. The summed E-state index contributed by atoms with van der Waals surface area (Å²) < 4.78 is 5.74. The monoisotopic (exact) mass is 330 g/mol. The maximum Gasteiger partial charge on any atom is 0.266 e. The van der Waals surface area contributed by atoms with Crippen molar-refractivity contribution in [2.24, 2.45) is 0 Å². The topological polar surface area (TPSA) is 41.6 Å². The Morgan fingerprint density at radius 1 is 1.17 bits per heavy atom. The average molecular weight is 330 g/mol. The van der Waals surface area contributed by atoms with Crippen LogP contribution in [0, 0.1) is 0 Å². The van der Waals surface area contributed by atoms with Gasteiger partial charge in [0.1, 0.15) is 5.75 Å². The van der Waals surface area contributed by atoms with E-state index in [1.807, 2.05) is 61.2 Å². The van der Waals surface area contributed by atoms with E-state index in [4.69, 9.17) is 17.0 Å². The van der Waals surface area contributed by atoms with Gasteiger partial charge in [0.2, 0.25) is 0 Å². The molecule has 1 N–H and O–H groups in total. The molecule has 0 spiro atoms. The lowest BCUT2D eigenvalue weighted by Gasteiger charge is -2.23. The second-order valence-corrected chi connectivity index (χ2v) is 5.62. The average Bonchev–Trinajstić information content (AvgIpc) is 2.55. The molecule has 23 heavy (non-hydrogen) atoms. The molecule has 0 fully saturated rings. The first-order chi connectivity index (χ1) is 11.0. The Kier molecular flexibility index (Phi) is 5.93. The molecule has 0 aliphatic rings. The van der Waals surface area contributed by atoms with E-state index in [1.54, 1.807) is 6.92 Å². The van der Waals surface area contributed by atoms with Crippen molar-refractivity contribution < 1.29 is 9.53 Å². The number of amides is 1. The van der Waals surface area contributed by atoms with Gasteiger partial charge in [0.25, 0.3) is 5.91 Å². The van der Waals surface area contributed by atoms with E-state index in [1.165, 1.54) is 0 Å². The molecule has 4 nitrogen and oxygen atoms in total. The van der Waals surface area contributed by atoms with Crippen molar-refractivity contribution in [1.29, 1.82) is 0 Å². The van der Waals surface area contributed by atoms with Crippen LogP contribution < -0.4 is 10.1 Å². The van der Waals surface area contributed by atoms with Gasteiger partial charge in [-0.2, -0.15) is 0 Å². The minimum Gasteiger partial charge on any atom is -0.481 e. The Morgan fingerprint density at radius 2 is 1.83 bits per heavy atom. The predicted molar refractivity (Wildman–Crippen MR) is 97.7 cm³/mol. The largest absolute Gasteiger partial charge is 0.481 e. The van der Waals surface area contributed by atoms with Crippen LogP contribution in [-0.2, 0) is 4.79 Å². The number of benzene rings is 2. The van der Waals surface area contributed by atoms with E-state index in [0.29, 0.717) is 10.9 Å². The second kappa shape index (κ2) is 7.92. The van der Waals surface area contributed by atoms with Crippen molar-refractivity contribution in [3.8, 4) is 5.75 Å². The summed E-state index contributed by atoms with van der Waals surface area (Å²) in [6, 6.07) is 13.8. The van der Waals surface area contributed by atoms with E-state index in [0.717, 1.165) is 23.9 Å². The van der Waals surface area contributed by atoms with Crippen molar-refractivity contribution in [1.82, 2.24) is 10.2 Å². The predicted octanol–water partition coefficient (Wildman–Crippen LogP) is 3.35. The van der Waals surface area contributed by atoms with E-state index in [2.05, 4.69) is 5.32 Å². The number of thiocarbonyl (C=S) groups is 1. The van der Waals surface area contributed by atoms with Gasteiger partial charge in [0.05, 0.1) is 0 Å². The molecule has 0 aliphatic carbocycles. The molecular formula is C18H22N2O2S. The quantitative estimate of drug-likeness (QED) is 0.854. The minimum absolute atomic E-state index is 0.241. The zero-order chi connectivity index (χ0) is 16.8. The first kappa shape index (κ1) is 17.2. The molecule has 2 rings (SSSR count). The Balaban J connectivity index is 2.00. The molecule has 0 bridgehead atoms. The highest BCUT2D eigenvalue weighted by Crippen LogP contribution is 2.21. The van der Waals surface area contributed by atoms with Gasteiger partial charge in [-0.1, -0.05) is 30.3 Å². The number of carbonyl (C=O) groups excluding carboxylic acids is 1. The zero-order valence-electron chi connectivity index (χ0n) is 13.7. The van der Waals surface area contributed by atoms with E-state index >= 15 is 0 Å². The lowest BCUT2D eigenvalue weighted by Crippen LogP contribution is -2.46. The third-order valence-corrected chi connectivity index (χ3v) is 4.04. The Hall–Kier alpha value is -2.14. The van der Waals surface area contributed by atoms with Crippen LogP contribution in [0.1, 0.15) is 20.8 Å². The summed E-state index contributed by atoms with van der Waals surface area (Å²) >= 11 is 5.24. The highest BCUT2D eigenvalue weighted by Gasteiger charge is 2.17. The lowest BCUT2D eigenvalue weighted by atomic mass is 10.1. The van der Waals surface area contributed by atoms with Crippen LogP contribution in [0.3, 0.4) is 0 Å². The van der Waals surface area contributed by atoms with Crippen molar-refractivity contribution >= 4 is 34.0 Å². The summed E-state index contributed by atoms with van der Waals surface area (Å²) in [6.07, 6.45) is -0.621. The van der Waals surface area contributed by atoms with Gasteiger partial charge in [-0.3, -0.25) is 10.1 Å². The third-order valence-electron chi connectivity index (χ3n) is 3.68. The van der Waals surface area contributed by atoms with Crippen LogP contribution in [0.15, 0.2) is 42.5 Å². The van der Waals surface area contributed by atoms with E-state index in [-0.39, 0.29) is 5.91 Å². The second-order valence-electron chi connectivity index (χ2n) is 5.24. The fraction of sp³-hybridized carbons (Fsp3) is 0.333. The summed E-state index contributed by atoms with van der Waals surface area (Å²) in [6.45, 7) is 7.23. The normalized spacial score (nSPS) is 11.8. The minimum atomic E-state index is -0.621.